The summed E-state index contributed by atoms with van der Waals surface area (Å²) >= 11 is 0. The molecule has 1 saturated carbocycles. The van der Waals surface area contributed by atoms with Crippen LogP contribution < -0.4 is 10.6 Å². The zero-order chi connectivity index (χ0) is 25.4. The van der Waals surface area contributed by atoms with Crippen LogP contribution in [0.1, 0.15) is 82.3 Å². The summed E-state index contributed by atoms with van der Waals surface area (Å²) in [6, 6.07) is 8.85. The van der Waals surface area contributed by atoms with Crippen LogP contribution in [0.4, 0.5) is 18.0 Å². The topological polar surface area (TPSA) is 98.7 Å². The lowest BCUT2D eigenvalue weighted by atomic mass is 10.0. The van der Waals surface area contributed by atoms with E-state index in [1.165, 1.54) is 56.1 Å². The molecule has 1 aromatic carbocycles. The van der Waals surface area contributed by atoms with E-state index in [0.29, 0.717) is 12.8 Å². The predicted molar refractivity (Wildman–Crippen MR) is 133 cm³/mol. The second-order valence-corrected chi connectivity index (χ2v) is 8.89. The van der Waals surface area contributed by atoms with Crippen LogP contribution >= 0.6 is 12.4 Å². The second kappa shape index (κ2) is 18.3. The third-order valence-corrected chi connectivity index (χ3v) is 5.95. The standard InChI is InChI=1S/C24H37F3N2O.CH2O3.ClH/c1-2-3-4-5-6-7-8-9-19-10-12-20(13-11-19)17-28-22-15-14-21(16-22)23(30)29-18-24(25,26)27;2-1(3)4;/h10-13,21-22,28H,2-9,14-18H2,1H3,(H,29,30);(H2,2,3,4);1H. The van der Waals surface area contributed by atoms with E-state index < -0.39 is 24.8 Å². The lowest BCUT2D eigenvalue weighted by Gasteiger charge is -2.14. The monoisotopic (exact) mass is 524 g/mol. The molecule has 2 unspecified atom stereocenters. The maximum atomic E-state index is 12.2. The second-order valence-electron chi connectivity index (χ2n) is 8.89. The average molecular weight is 525 g/mol. The molecule has 0 bridgehead atoms. The van der Waals surface area contributed by atoms with Crippen molar-refractivity contribution in [2.75, 3.05) is 6.54 Å². The number of nitrogens with one attached hydrogen (secondary N) is 2. The number of hydrogen-bond donors (Lipinski definition) is 4. The van der Waals surface area contributed by atoms with Gasteiger partial charge >= 0.3 is 12.3 Å². The summed E-state index contributed by atoms with van der Waals surface area (Å²) in [5.74, 6) is -0.805. The summed E-state index contributed by atoms with van der Waals surface area (Å²) in [6.45, 7) is 1.72. The Morgan fingerprint density at radius 1 is 0.943 bits per heavy atom. The van der Waals surface area contributed by atoms with Gasteiger partial charge in [-0.05, 0) is 43.2 Å². The van der Waals surface area contributed by atoms with Crippen molar-refractivity contribution < 1.29 is 33.0 Å². The van der Waals surface area contributed by atoms with E-state index >= 15 is 0 Å². The first-order chi connectivity index (χ1) is 16.1. The van der Waals surface area contributed by atoms with E-state index in [0.717, 1.165) is 19.4 Å². The molecule has 35 heavy (non-hydrogen) atoms. The minimum absolute atomic E-state index is 0. The molecule has 1 aliphatic rings. The van der Waals surface area contributed by atoms with Crippen molar-refractivity contribution in [3.05, 3.63) is 35.4 Å². The highest BCUT2D eigenvalue weighted by Gasteiger charge is 2.33. The quantitative estimate of drug-likeness (QED) is 0.219. The third-order valence-electron chi connectivity index (χ3n) is 5.95. The van der Waals surface area contributed by atoms with Crippen LogP contribution in [0.2, 0.25) is 0 Å². The first kappa shape index (κ1) is 33.0. The molecule has 0 heterocycles. The summed E-state index contributed by atoms with van der Waals surface area (Å²) in [5.41, 5.74) is 2.57. The minimum Gasteiger partial charge on any atom is -0.450 e. The van der Waals surface area contributed by atoms with E-state index in [1.54, 1.807) is 0 Å². The molecule has 0 spiro atoms. The molecule has 1 amide bonds. The van der Waals surface area contributed by atoms with Gasteiger partial charge in [-0.2, -0.15) is 13.2 Å². The van der Waals surface area contributed by atoms with Crippen molar-refractivity contribution in [2.45, 2.75) is 96.3 Å². The Morgan fingerprint density at radius 2 is 1.49 bits per heavy atom. The van der Waals surface area contributed by atoms with Crippen molar-refractivity contribution >= 4 is 24.5 Å². The number of unbranched alkanes of at least 4 members (excludes halogenated alkanes) is 6. The lowest BCUT2D eigenvalue weighted by molar-refractivity contribution is -0.140. The largest absolute Gasteiger partial charge is 0.503 e. The zero-order valence-electron chi connectivity index (χ0n) is 20.4. The van der Waals surface area contributed by atoms with Crippen LogP contribution in [-0.2, 0) is 17.8 Å². The molecule has 1 aliphatic carbocycles. The van der Waals surface area contributed by atoms with Gasteiger partial charge in [-0.1, -0.05) is 69.7 Å². The van der Waals surface area contributed by atoms with E-state index in [1.807, 2.05) is 5.32 Å². The number of carbonyl (C=O) groups excluding carboxylic acids is 1. The fourth-order valence-corrected chi connectivity index (χ4v) is 4.11. The van der Waals surface area contributed by atoms with Gasteiger partial charge in [0, 0.05) is 18.5 Å². The van der Waals surface area contributed by atoms with Crippen LogP contribution in [0, 0.1) is 5.92 Å². The van der Waals surface area contributed by atoms with Gasteiger partial charge in [0.05, 0.1) is 0 Å². The Labute approximate surface area is 212 Å². The molecule has 202 valence electrons. The Balaban J connectivity index is 0.00000214. The van der Waals surface area contributed by atoms with Crippen molar-refractivity contribution in [3.8, 4) is 0 Å². The molecule has 0 radical (unpaired) electrons. The third kappa shape index (κ3) is 17.1. The highest BCUT2D eigenvalue weighted by Crippen LogP contribution is 2.26. The highest BCUT2D eigenvalue weighted by molar-refractivity contribution is 5.85. The van der Waals surface area contributed by atoms with Crippen molar-refractivity contribution in [1.29, 1.82) is 0 Å². The van der Waals surface area contributed by atoms with Crippen LogP contribution in [0.5, 0.6) is 0 Å². The fourth-order valence-electron chi connectivity index (χ4n) is 4.11. The van der Waals surface area contributed by atoms with Crippen LogP contribution in [0.3, 0.4) is 0 Å². The zero-order valence-corrected chi connectivity index (χ0v) is 21.2. The van der Waals surface area contributed by atoms with Crippen LogP contribution in [-0.4, -0.2) is 41.0 Å². The molecule has 0 aliphatic heterocycles. The molecule has 6 nitrogen and oxygen atoms in total. The Hall–Kier alpha value is -2.00. The summed E-state index contributed by atoms with van der Waals surface area (Å²) in [7, 11) is 0. The number of carboxylic acid groups (broad SMARTS) is 2. The molecular formula is C25H40ClF3N2O4. The van der Waals surface area contributed by atoms with E-state index in [4.69, 9.17) is 15.0 Å². The lowest BCUT2D eigenvalue weighted by Crippen LogP contribution is -2.37. The molecule has 1 fully saturated rings. The summed E-state index contributed by atoms with van der Waals surface area (Å²) in [6.07, 6.45) is 6.21. The number of hydrogen-bond acceptors (Lipinski definition) is 3. The van der Waals surface area contributed by atoms with Crippen LogP contribution in [0.15, 0.2) is 24.3 Å². The fraction of sp³-hybridized carbons (Fsp3) is 0.680. The maximum Gasteiger partial charge on any atom is 0.503 e. The van der Waals surface area contributed by atoms with Gasteiger partial charge in [-0.25, -0.2) is 4.79 Å². The molecule has 0 saturated heterocycles. The molecule has 4 N–H and O–H groups in total. The summed E-state index contributed by atoms with van der Waals surface area (Å²) < 4.78 is 36.7. The summed E-state index contributed by atoms with van der Waals surface area (Å²) in [5, 5.41) is 19.4. The molecule has 2 rings (SSSR count). The first-order valence-corrected chi connectivity index (χ1v) is 12.2. The highest BCUT2D eigenvalue weighted by atomic mass is 35.5. The molecular weight excluding hydrogens is 485 g/mol. The number of benzene rings is 1. The Morgan fingerprint density at radius 3 is 2.06 bits per heavy atom. The number of amides is 1. The predicted octanol–water partition coefficient (Wildman–Crippen LogP) is 6.56. The molecule has 10 heteroatoms. The SMILES string of the molecule is CCCCCCCCCc1ccc(CNC2CCC(C(=O)NCC(F)(F)F)C2)cc1.Cl.O=C(O)O. The summed E-state index contributed by atoms with van der Waals surface area (Å²) in [4.78, 5) is 20.4. The average Bonchev–Trinajstić information content (AvgIpc) is 3.24. The first-order valence-electron chi connectivity index (χ1n) is 12.2. The van der Waals surface area contributed by atoms with Gasteiger partial charge in [0.15, 0.2) is 0 Å². The van der Waals surface area contributed by atoms with Gasteiger partial charge in [0.1, 0.15) is 6.54 Å². The Kier molecular flexibility index (Phi) is 17.2. The Bertz CT molecular complexity index is 714. The smallest absolute Gasteiger partial charge is 0.450 e. The number of carbonyl (C=O) groups is 2. The van der Waals surface area contributed by atoms with Gasteiger partial charge < -0.3 is 20.8 Å². The van der Waals surface area contributed by atoms with Crippen molar-refractivity contribution in [2.24, 2.45) is 5.92 Å². The van der Waals surface area contributed by atoms with Gasteiger partial charge in [-0.15, -0.1) is 12.4 Å². The van der Waals surface area contributed by atoms with Crippen molar-refractivity contribution in [3.63, 3.8) is 0 Å². The van der Waals surface area contributed by atoms with E-state index in [2.05, 4.69) is 36.5 Å². The molecule has 0 aromatic heterocycles. The maximum absolute atomic E-state index is 12.2. The number of rotatable bonds is 13. The van der Waals surface area contributed by atoms with E-state index in [-0.39, 0.29) is 24.4 Å². The van der Waals surface area contributed by atoms with Crippen molar-refractivity contribution in [1.82, 2.24) is 10.6 Å². The normalized spacial score (nSPS) is 17.1. The van der Waals surface area contributed by atoms with Gasteiger partial charge in [-0.3, -0.25) is 4.79 Å². The molecule has 2 atom stereocenters. The number of alkyl halides is 3. The van der Waals surface area contributed by atoms with Crippen LogP contribution in [0.25, 0.3) is 0 Å². The number of aryl methyl sites for hydroxylation is 1. The van der Waals surface area contributed by atoms with Gasteiger partial charge in [0.2, 0.25) is 5.91 Å². The minimum atomic E-state index is -4.35. The number of halogens is 4. The van der Waals surface area contributed by atoms with E-state index in [9.17, 15) is 18.0 Å². The van der Waals surface area contributed by atoms with Gasteiger partial charge in [0.25, 0.3) is 0 Å². The molecule has 1 aromatic rings.